The van der Waals surface area contributed by atoms with Crippen LogP contribution < -0.4 is 10.6 Å². The van der Waals surface area contributed by atoms with Crippen molar-refractivity contribution in [3.05, 3.63) is 34.9 Å². The smallest absolute Gasteiger partial charge is 0.408 e. The molecule has 180 valence electrons. The summed E-state index contributed by atoms with van der Waals surface area (Å²) in [7, 11) is 0. The SMILES string of the molecule is CCCN(C(=O)C(CS)NC(=O)OC(C)(C)C)C(C(=O)NC(C)C)c1c(C)cccc1C. The Bertz CT molecular complexity index is 785. The standard InChI is InChI=1S/C24H39N3O4S/c1-9-13-27(22(29)18(14-32)26-23(30)31-24(6,7)8)20(21(28)25-15(2)3)19-16(4)11-10-12-17(19)5/h10-12,15,18,20,32H,9,13-14H2,1-8H3,(H,25,28)(H,26,30). The maximum absolute atomic E-state index is 13.6. The number of benzene rings is 1. The fourth-order valence-corrected chi connectivity index (χ4v) is 3.74. The topological polar surface area (TPSA) is 87.7 Å². The first kappa shape index (κ1) is 27.8. The molecule has 1 rings (SSSR count). The lowest BCUT2D eigenvalue weighted by atomic mass is 9.93. The number of nitrogens with zero attached hydrogens (tertiary/aromatic N) is 1. The number of rotatable bonds is 9. The molecule has 1 aromatic carbocycles. The highest BCUT2D eigenvalue weighted by molar-refractivity contribution is 7.80. The van der Waals surface area contributed by atoms with Gasteiger partial charge in [0, 0.05) is 18.3 Å². The van der Waals surface area contributed by atoms with Crippen LogP contribution in [0.2, 0.25) is 0 Å². The van der Waals surface area contributed by atoms with Crippen molar-refractivity contribution in [1.82, 2.24) is 15.5 Å². The van der Waals surface area contributed by atoms with Crippen LogP contribution >= 0.6 is 12.6 Å². The molecule has 0 aliphatic carbocycles. The molecule has 0 heterocycles. The van der Waals surface area contributed by atoms with Gasteiger partial charge in [0.1, 0.15) is 17.7 Å². The van der Waals surface area contributed by atoms with Gasteiger partial charge in [0.2, 0.25) is 11.8 Å². The molecule has 1 aromatic rings. The minimum absolute atomic E-state index is 0.0730. The summed E-state index contributed by atoms with van der Waals surface area (Å²) in [6.45, 7) is 15.2. The van der Waals surface area contributed by atoms with E-state index in [9.17, 15) is 14.4 Å². The summed E-state index contributed by atoms with van der Waals surface area (Å²) in [5, 5.41) is 5.57. The molecular formula is C24H39N3O4S. The first-order valence-corrected chi connectivity index (χ1v) is 11.7. The molecule has 8 heteroatoms. The average molecular weight is 466 g/mol. The van der Waals surface area contributed by atoms with Crippen LogP contribution in [0.3, 0.4) is 0 Å². The van der Waals surface area contributed by atoms with E-state index in [4.69, 9.17) is 4.74 Å². The second-order valence-corrected chi connectivity index (χ2v) is 9.65. The van der Waals surface area contributed by atoms with Gasteiger partial charge in [-0.25, -0.2) is 4.79 Å². The van der Waals surface area contributed by atoms with Crippen molar-refractivity contribution >= 4 is 30.5 Å². The van der Waals surface area contributed by atoms with Crippen molar-refractivity contribution in [2.75, 3.05) is 12.3 Å². The minimum Gasteiger partial charge on any atom is -0.444 e. The van der Waals surface area contributed by atoms with Crippen LogP contribution in [0.25, 0.3) is 0 Å². The maximum Gasteiger partial charge on any atom is 0.408 e. The molecule has 0 aromatic heterocycles. The molecule has 0 radical (unpaired) electrons. The van der Waals surface area contributed by atoms with Gasteiger partial charge in [-0.2, -0.15) is 12.6 Å². The number of carbonyl (C=O) groups excluding carboxylic acids is 3. The summed E-state index contributed by atoms with van der Waals surface area (Å²) in [6, 6.07) is 3.95. The number of alkyl carbamates (subject to hydrolysis) is 1. The van der Waals surface area contributed by atoms with E-state index in [0.717, 1.165) is 16.7 Å². The summed E-state index contributed by atoms with van der Waals surface area (Å²) in [6.07, 6.45) is -0.0509. The van der Waals surface area contributed by atoms with Crippen LogP contribution in [0.4, 0.5) is 4.79 Å². The monoisotopic (exact) mass is 465 g/mol. The second-order valence-electron chi connectivity index (χ2n) is 9.28. The summed E-state index contributed by atoms with van der Waals surface area (Å²) in [5.41, 5.74) is 1.94. The van der Waals surface area contributed by atoms with Crippen molar-refractivity contribution in [3.8, 4) is 0 Å². The number of hydrogen-bond donors (Lipinski definition) is 3. The lowest BCUT2D eigenvalue weighted by Crippen LogP contribution is -2.54. The van der Waals surface area contributed by atoms with Gasteiger partial charge < -0.3 is 20.3 Å². The zero-order valence-electron chi connectivity index (χ0n) is 20.6. The molecule has 0 saturated carbocycles. The van der Waals surface area contributed by atoms with Gasteiger partial charge in [0.15, 0.2) is 0 Å². The lowest BCUT2D eigenvalue weighted by molar-refractivity contribution is -0.142. The average Bonchev–Trinajstić information content (AvgIpc) is 2.65. The molecule has 0 bridgehead atoms. The van der Waals surface area contributed by atoms with Crippen molar-refractivity contribution in [2.24, 2.45) is 0 Å². The van der Waals surface area contributed by atoms with E-state index >= 15 is 0 Å². The second kappa shape index (κ2) is 12.1. The number of thiol groups is 1. The third-order valence-electron chi connectivity index (χ3n) is 4.73. The first-order valence-electron chi connectivity index (χ1n) is 11.1. The summed E-state index contributed by atoms with van der Waals surface area (Å²) in [4.78, 5) is 40.9. The highest BCUT2D eigenvalue weighted by atomic mass is 32.1. The molecule has 2 unspecified atom stereocenters. The molecule has 0 spiro atoms. The third kappa shape index (κ3) is 8.04. The highest BCUT2D eigenvalue weighted by Gasteiger charge is 2.36. The van der Waals surface area contributed by atoms with Gasteiger partial charge in [-0.05, 0) is 71.6 Å². The van der Waals surface area contributed by atoms with Crippen molar-refractivity contribution in [2.45, 2.75) is 85.5 Å². The fourth-order valence-electron chi connectivity index (χ4n) is 3.49. The van der Waals surface area contributed by atoms with Crippen LogP contribution in [0, 0.1) is 13.8 Å². The Hall–Kier alpha value is -2.22. The van der Waals surface area contributed by atoms with Crippen LogP contribution in [-0.4, -0.2) is 52.8 Å². The Labute approximate surface area is 198 Å². The molecule has 0 aliphatic rings. The summed E-state index contributed by atoms with van der Waals surface area (Å²) in [5.74, 6) is -0.558. The Morgan fingerprint density at radius 1 is 1.09 bits per heavy atom. The summed E-state index contributed by atoms with van der Waals surface area (Å²) >= 11 is 4.29. The van der Waals surface area contributed by atoms with Crippen molar-refractivity contribution in [1.29, 1.82) is 0 Å². The fraction of sp³-hybridized carbons (Fsp3) is 0.625. The number of hydrogen-bond acceptors (Lipinski definition) is 5. The number of aryl methyl sites for hydroxylation is 2. The van der Waals surface area contributed by atoms with Crippen molar-refractivity contribution in [3.63, 3.8) is 0 Å². The van der Waals surface area contributed by atoms with Gasteiger partial charge in [-0.3, -0.25) is 9.59 Å². The van der Waals surface area contributed by atoms with Crippen molar-refractivity contribution < 1.29 is 19.1 Å². The van der Waals surface area contributed by atoms with E-state index in [1.54, 1.807) is 25.7 Å². The normalized spacial score (nSPS) is 13.3. The van der Waals surface area contributed by atoms with E-state index in [1.165, 1.54) is 0 Å². The zero-order chi connectivity index (χ0) is 24.6. The van der Waals surface area contributed by atoms with Crippen LogP contribution in [-0.2, 0) is 14.3 Å². The molecule has 2 atom stereocenters. The maximum atomic E-state index is 13.6. The first-order chi connectivity index (χ1) is 14.8. The van der Waals surface area contributed by atoms with Gasteiger partial charge >= 0.3 is 6.09 Å². The highest BCUT2D eigenvalue weighted by Crippen LogP contribution is 2.29. The Morgan fingerprint density at radius 2 is 1.66 bits per heavy atom. The molecule has 3 amide bonds. The van der Waals surface area contributed by atoms with E-state index in [2.05, 4.69) is 23.3 Å². The number of carbonyl (C=O) groups is 3. The molecule has 0 saturated heterocycles. The predicted molar refractivity (Wildman–Crippen MR) is 131 cm³/mol. The van der Waals surface area contributed by atoms with Gasteiger partial charge in [-0.15, -0.1) is 0 Å². The Balaban J connectivity index is 3.41. The lowest BCUT2D eigenvalue weighted by Gasteiger charge is -2.35. The van der Waals surface area contributed by atoms with Gasteiger partial charge in [-0.1, -0.05) is 25.1 Å². The van der Waals surface area contributed by atoms with E-state index < -0.39 is 23.8 Å². The Morgan fingerprint density at radius 3 is 2.09 bits per heavy atom. The minimum atomic E-state index is -0.932. The van der Waals surface area contributed by atoms with E-state index in [0.29, 0.717) is 13.0 Å². The number of nitrogens with one attached hydrogen (secondary N) is 2. The van der Waals surface area contributed by atoms with Crippen LogP contribution in [0.5, 0.6) is 0 Å². The molecule has 7 nitrogen and oxygen atoms in total. The van der Waals surface area contributed by atoms with Crippen LogP contribution in [0.1, 0.15) is 70.7 Å². The molecular weight excluding hydrogens is 426 g/mol. The molecule has 0 aliphatic heterocycles. The Kier molecular flexibility index (Phi) is 10.5. The molecule has 2 N–H and O–H groups in total. The molecule has 0 fully saturated rings. The van der Waals surface area contributed by atoms with E-state index in [-0.39, 0.29) is 23.6 Å². The number of ether oxygens (including phenoxy) is 1. The molecule has 32 heavy (non-hydrogen) atoms. The van der Waals surface area contributed by atoms with Gasteiger partial charge in [0.05, 0.1) is 0 Å². The van der Waals surface area contributed by atoms with Gasteiger partial charge in [0.25, 0.3) is 0 Å². The largest absolute Gasteiger partial charge is 0.444 e. The number of amides is 3. The zero-order valence-corrected chi connectivity index (χ0v) is 21.5. The quantitative estimate of drug-likeness (QED) is 0.482. The van der Waals surface area contributed by atoms with Crippen LogP contribution in [0.15, 0.2) is 18.2 Å². The third-order valence-corrected chi connectivity index (χ3v) is 5.09. The van der Waals surface area contributed by atoms with E-state index in [1.807, 2.05) is 52.8 Å². The predicted octanol–water partition coefficient (Wildman–Crippen LogP) is 3.93. The summed E-state index contributed by atoms with van der Waals surface area (Å²) < 4.78 is 5.31.